The number of hydrogen-bond donors (Lipinski definition) is 1. The number of carbonyl (C=O) groups is 1. The van der Waals surface area contributed by atoms with E-state index in [4.69, 9.17) is 11.6 Å². The molecule has 0 unspecified atom stereocenters. The van der Waals surface area contributed by atoms with Crippen molar-refractivity contribution >= 4 is 28.4 Å². The molecule has 0 spiro atoms. The maximum absolute atomic E-state index is 12.5. The van der Waals surface area contributed by atoms with Crippen LogP contribution in [-0.2, 0) is 0 Å². The topological polar surface area (TPSA) is 49.0 Å². The first-order valence-electron chi connectivity index (χ1n) is 6.11. The quantitative estimate of drug-likeness (QED) is 0.805. The van der Waals surface area contributed by atoms with E-state index in [0.29, 0.717) is 16.4 Å². The maximum Gasteiger partial charge on any atom is 0.257 e. The second kappa shape index (κ2) is 4.28. The summed E-state index contributed by atoms with van der Waals surface area (Å²) in [6, 6.07) is 1.85. The van der Waals surface area contributed by atoms with Crippen molar-refractivity contribution in [1.82, 2.24) is 14.9 Å². The molecule has 0 aromatic carbocycles. The lowest BCUT2D eigenvalue weighted by Crippen LogP contribution is -2.28. The van der Waals surface area contributed by atoms with E-state index in [2.05, 4.69) is 9.97 Å². The first-order valence-corrected chi connectivity index (χ1v) is 6.49. The fraction of sp³-hybridized carbons (Fsp3) is 0.385. The Balaban J connectivity index is 2.15. The fourth-order valence-corrected chi connectivity index (χ4v) is 2.82. The molecule has 94 valence electrons. The normalized spacial score (nSPS) is 15.6. The summed E-state index contributed by atoms with van der Waals surface area (Å²) < 4.78 is 0. The summed E-state index contributed by atoms with van der Waals surface area (Å²) in [5.41, 5.74) is 2.14. The number of aromatic nitrogens is 2. The highest BCUT2D eigenvalue weighted by Crippen LogP contribution is 2.27. The number of aryl methyl sites for hydroxylation is 1. The summed E-state index contributed by atoms with van der Waals surface area (Å²) in [4.78, 5) is 21.8. The highest BCUT2D eigenvalue weighted by molar-refractivity contribution is 6.34. The molecule has 3 heterocycles. The monoisotopic (exact) mass is 263 g/mol. The van der Waals surface area contributed by atoms with Crippen LogP contribution in [0, 0.1) is 6.92 Å². The SMILES string of the molecule is Cc1nc(Cl)c2cc[nH]c2c1C(=O)N1CCCC1. The number of pyridine rings is 1. The van der Waals surface area contributed by atoms with Crippen LogP contribution in [0.1, 0.15) is 28.9 Å². The van der Waals surface area contributed by atoms with Crippen LogP contribution in [0.2, 0.25) is 5.15 Å². The Kier molecular flexibility index (Phi) is 2.74. The van der Waals surface area contributed by atoms with Gasteiger partial charge in [0.05, 0.1) is 16.8 Å². The molecule has 5 heteroatoms. The van der Waals surface area contributed by atoms with Crippen molar-refractivity contribution in [3.63, 3.8) is 0 Å². The number of amides is 1. The number of aromatic amines is 1. The summed E-state index contributed by atoms with van der Waals surface area (Å²) >= 11 is 6.08. The predicted octanol–water partition coefficient (Wildman–Crippen LogP) is 2.76. The summed E-state index contributed by atoms with van der Waals surface area (Å²) in [6.45, 7) is 3.50. The fourth-order valence-electron chi connectivity index (χ4n) is 2.53. The van der Waals surface area contributed by atoms with E-state index in [1.54, 1.807) is 6.20 Å². The van der Waals surface area contributed by atoms with Crippen LogP contribution in [-0.4, -0.2) is 33.9 Å². The minimum atomic E-state index is 0.0571. The predicted molar refractivity (Wildman–Crippen MR) is 71.0 cm³/mol. The molecule has 1 aliphatic rings. The lowest BCUT2D eigenvalue weighted by molar-refractivity contribution is 0.0793. The number of hydrogen-bond acceptors (Lipinski definition) is 2. The zero-order valence-corrected chi connectivity index (χ0v) is 10.9. The summed E-state index contributed by atoms with van der Waals surface area (Å²) in [5, 5.41) is 1.26. The van der Waals surface area contributed by atoms with E-state index >= 15 is 0 Å². The van der Waals surface area contributed by atoms with Crippen LogP contribution in [0.4, 0.5) is 0 Å². The van der Waals surface area contributed by atoms with Crippen molar-refractivity contribution in [2.75, 3.05) is 13.1 Å². The average Bonchev–Trinajstić information content (AvgIpc) is 2.99. The molecule has 2 aromatic heterocycles. The molecule has 1 N–H and O–H groups in total. The first-order chi connectivity index (χ1) is 8.68. The number of fused-ring (bicyclic) bond motifs is 1. The molecule has 4 nitrogen and oxygen atoms in total. The molecule has 18 heavy (non-hydrogen) atoms. The third kappa shape index (κ3) is 1.68. The van der Waals surface area contributed by atoms with E-state index < -0.39 is 0 Å². The van der Waals surface area contributed by atoms with Crippen molar-refractivity contribution in [3.8, 4) is 0 Å². The van der Waals surface area contributed by atoms with Gasteiger partial charge in [0.2, 0.25) is 0 Å². The Morgan fingerprint density at radius 3 is 2.89 bits per heavy atom. The van der Waals surface area contributed by atoms with Gasteiger partial charge in [0.1, 0.15) is 5.15 Å². The second-order valence-corrected chi connectivity index (χ2v) is 4.99. The van der Waals surface area contributed by atoms with Crippen molar-refractivity contribution in [2.45, 2.75) is 19.8 Å². The Morgan fingerprint density at radius 1 is 1.44 bits per heavy atom. The van der Waals surface area contributed by atoms with Gasteiger partial charge in [-0.2, -0.15) is 0 Å². The summed E-state index contributed by atoms with van der Waals surface area (Å²) in [6.07, 6.45) is 3.96. The number of halogens is 1. The number of likely N-dealkylation sites (tertiary alicyclic amines) is 1. The molecule has 2 aromatic rings. The molecule has 0 radical (unpaired) electrons. The van der Waals surface area contributed by atoms with E-state index in [0.717, 1.165) is 36.8 Å². The van der Waals surface area contributed by atoms with Crippen LogP contribution in [0.25, 0.3) is 10.9 Å². The molecule has 1 amide bonds. The van der Waals surface area contributed by atoms with Gasteiger partial charge in [-0.15, -0.1) is 0 Å². The van der Waals surface area contributed by atoms with Gasteiger partial charge in [-0.05, 0) is 25.8 Å². The molecule has 0 aliphatic carbocycles. The first kappa shape index (κ1) is 11.5. The molecule has 0 saturated carbocycles. The van der Waals surface area contributed by atoms with Crippen molar-refractivity contribution in [1.29, 1.82) is 0 Å². The molecule has 1 saturated heterocycles. The van der Waals surface area contributed by atoms with Crippen LogP contribution in [0.5, 0.6) is 0 Å². The van der Waals surface area contributed by atoms with Crippen LogP contribution < -0.4 is 0 Å². The minimum Gasteiger partial charge on any atom is -0.360 e. The van der Waals surface area contributed by atoms with Gasteiger partial charge in [-0.3, -0.25) is 4.79 Å². The Morgan fingerprint density at radius 2 is 2.17 bits per heavy atom. The van der Waals surface area contributed by atoms with Gasteiger partial charge in [0.15, 0.2) is 0 Å². The van der Waals surface area contributed by atoms with Crippen molar-refractivity contribution in [2.24, 2.45) is 0 Å². The lowest BCUT2D eigenvalue weighted by atomic mass is 10.1. The van der Waals surface area contributed by atoms with Crippen LogP contribution in [0.3, 0.4) is 0 Å². The van der Waals surface area contributed by atoms with Gasteiger partial charge in [-0.25, -0.2) is 4.98 Å². The van der Waals surface area contributed by atoms with Gasteiger partial charge < -0.3 is 9.88 Å². The van der Waals surface area contributed by atoms with E-state index in [9.17, 15) is 4.79 Å². The minimum absolute atomic E-state index is 0.0571. The lowest BCUT2D eigenvalue weighted by Gasteiger charge is -2.17. The van der Waals surface area contributed by atoms with Gasteiger partial charge in [-0.1, -0.05) is 11.6 Å². The summed E-state index contributed by atoms with van der Waals surface area (Å²) in [5.74, 6) is 0.0571. The molecular formula is C13H14ClN3O. The highest BCUT2D eigenvalue weighted by atomic mass is 35.5. The third-order valence-corrected chi connectivity index (χ3v) is 3.74. The maximum atomic E-state index is 12.5. The van der Waals surface area contributed by atoms with Crippen LogP contribution in [0.15, 0.2) is 12.3 Å². The molecule has 0 atom stereocenters. The Hall–Kier alpha value is -1.55. The third-order valence-electron chi connectivity index (χ3n) is 3.45. The molecule has 3 rings (SSSR count). The van der Waals surface area contributed by atoms with Gasteiger partial charge in [0, 0.05) is 24.7 Å². The number of nitrogens with zero attached hydrogens (tertiary/aromatic N) is 2. The Bertz CT molecular complexity index is 614. The van der Waals surface area contributed by atoms with E-state index in [-0.39, 0.29) is 5.91 Å². The smallest absolute Gasteiger partial charge is 0.257 e. The summed E-state index contributed by atoms with van der Waals surface area (Å²) in [7, 11) is 0. The standard InChI is InChI=1S/C13H14ClN3O/c1-8-10(13(18)17-6-2-3-7-17)11-9(4-5-15-11)12(14)16-8/h4-5,15H,2-3,6-7H2,1H3. The number of carbonyl (C=O) groups excluding carboxylic acids is 1. The van der Waals surface area contributed by atoms with Crippen molar-refractivity contribution in [3.05, 3.63) is 28.7 Å². The van der Waals surface area contributed by atoms with Crippen LogP contribution >= 0.6 is 11.6 Å². The van der Waals surface area contributed by atoms with Crippen molar-refractivity contribution < 1.29 is 4.79 Å². The molecule has 0 bridgehead atoms. The van der Waals surface area contributed by atoms with E-state index in [1.165, 1.54) is 0 Å². The Labute approximate surface area is 110 Å². The highest BCUT2D eigenvalue weighted by Gasteiger charge is 2.24. The van der Waals surface area contributed by atoms with Gasteiger partial charge in [0.25, 0.3) is 5.91 Å². The zero-order valence-electron chi connectivity index (χ0n) is 10.2. The molecule has 1 aliphatic heterocycles. The zero-order chi connectivity index (χ0) is 12.7. The number of rotatable bonds is 1. The largest absolute Gasteiger partial charge is 0.360 e. The molecular weight excluding hydrogens is 250 g/mol. The number of H-pyrrole nitrogens is 1. The average molecular weight is 264 g/mol. The number of nitrogens with one attached hydrogen (secondary N) is 1. The van der Waals surface area contributed by atoms with Gasteiger partial charge >= 0.3 is 0 Å². The molecule has 1 fully saturated rings. The van der Waals surface area contributed by atoms with E-state index in [1.807, 2.05) is 17.9 Å². The second-order valence-electron chi connectivity index (χ2n) is 4.63.